The number of hydrogen-bond donors (Lipinski definition) is 2. The van der Waals surface area contributed by atoms with Gasteiger partial charge in [0, 0.05) is 39.3 Å². The average molecular weight is 486 g/mol. The molecular formula is C21H35IN4O. The van der Waals surface area contributed by atoms with E-state index in [1.165, 1.54) is 43.4 Å². The van der Waals surface area contributed by atoms with Gasteiger partial charge in [0.15, 0.2) is 5.96 Å². The van der Waals surface area contributed by atoms with E-state index in [1.54, 1.807) is 0 Å². The van der Waals surface area contributed by atoms with E-state index in [2.05, 4.69) is 51.7 Å². The van der Waals surface area contributed by atoms with Gasteiger partial charge < -0.3 is 15.4 Å². The molecule has 2 aliphatic rings. The molecule has 0 radical (unpaired) electrons. The van der Waals surface area contributed by atoms with Crippen molar-refractivity contribution < 1.29 is 4.74 Å². The van der Waals surface area contributed by atoms with Crippen LogP contribution in [-0.2, 0) is 17.8 Å². The molecular weight excluding hydrogens is 451 g/mol. The summed E-state index contributed by atoms with van der Waals surface area (Å²) >= 11 is 0. The minimum Gasteiger partial charge on any atom is -0.376 e. The second-order valence-electron chi connectivity index (χ2n) is 7.57. The van der Waals surface area contributed by atoms with Crippen molar-refractivity contribution in [3.05, 3.63) is 35.4 Å². The normalized spacial score (nSPS) is 23.7. The zero-order valence-corrected chi connectivity index (χ0v) is 19.1. The van der Waals surface area contributed by atoms with E-state index in [0.717, 1.165) is 38.6 Å². The molecule has 2 atom stereocenters. The number of ether oxygens (including phenoxy) is 1. The number of likely N-dealkylation sites (tertiary alicyclic amines) is 1. The van der Waals surface area contributed by atoms with Gasteiger partial charge in [0.05, 0.1) is 6.10 Å². The van der Waals surface area contributed by atoms with Gasteiger partial charge in [-0.3, -0.25) is 9.89 Å². The maximum absolute atomic E-state index is 5.64. The number of aliphatic imine (C=N–C) groups is 1. The lowest BCUT2D eigenvalue weighted by atomic mass is 10.0. The third-order valence-corrected chi connectivity index (χ3v) is 5.55. The monoisotopic (exact) mass is 486 g/mol. The molecule has 5 nitrogen and oxygen atoms in total. The molecule has 2 N–H and O–H groups in total. The molecule has 0 bridgehead atoms. The van der Waals surface area contributed by atoms with Crippen molar-refractivity contribution in [2.75, 3.05) is 26.7 Å². The van der Waals surface area contributed by atoms with E-state index in [9.17, 15) is 0 Å². The van der Waals surface area contributed by atoms with Crippen LogP contribution in [0.2, 0.25) is 0 Å². The molecule has 0 aromatic heterocycles. The van der Waals surface area contributed by atoms with Gasteiger partial charge >= 0.3 is 0 Å². The number of piperidine rings is 1. The maximum Gasteiger partial charge on any atom is 0.191 e. The number of benzene rings is 1. The molecule has 2 unspecified atom stereocenters. The summed E-state index contributed by atoms with van der Waals surface area (Å²) in [7, 11) is 1.81. The molecule has 27 heavy (non-hydrogen) atoms. The molecule has 1 aromatic carbocycles. The highest BCUT2D eigenvalue weighted by Crippen LogP contribution is 2.19. The summed E-state index contributed by atoms with van der Waals surface area (Å²) in [4.78, 5) is 6.90. The van der Waals surface area contributed by atoms with Gasteiger partial charge in [-0.1, -0.05) is 30.7 Å². The van der Waals surface area contributed by atoms with Crippen molar-refractivity contribution in [3.8, 4) is 0 Å². The largest absolute Gasteiger partial charge is 0.376 e. The minimum atomic E-state index is 0. The van der Waals surface area contributed by atoms with E-state index in [1.807, 2.05) is 7.05 Å². The topological polar surface area (TPSA) is 48.9 Å². The second kappa shape index (κ2) is 11.9. The van der Waals surface area contributed by atoms with E-state index in [-0.39, 0.29) is 24.0 Å². The Kier molecular flexibility index (Phi) is 9.86. The Bertz CT molecular complexity index is 572. The Morgan fingerprint density at radius 2 is 1.89 bits per heavy atom. The van der Waals surface area contributed by atoms with Gasteiger partial charge in [0.2, 0.25) is 0 Å². The SMILES string of the molecule is CN=C(NCc1ccc(CN2CCCCC2C)cc1)NCC1CCCO1.I. The van der Waals surface area contributed by atoms with Crippen LogP contribution in [0.5, 0.6) is 0 Å². The maximum atomic E-state index is 5.64. The molecule has 0 saturated carbocycles. The zero-order chi connectivity index (χ0) is 18.2. The number of nitrogens with zero attached hydrogens (tertiary/aromatic N) is 2. The number of nitrogens with one attached hydrogen (secondary N) is 2. The van der Waals surface area contributed by atoms with E-state index in [0.29, 0.717) is 12.1 Å². The Hall–Kier alpha value is -0.860. The average Bonchev–Trinajstić information content (AvgIpc) is 3.18. The quantitative estimate of drug-likeness (QED) is 0.367. The van der Waals surface area contributed by atoms with Crippen molar-refractivity contribution in [1.29, 1.82) is 0 Å². The summed E-state index contributed by atoms with van der Waals surface area (Å²) < 4.78 is 5.64. The molecule has 1 aromatic rings. The van der Waals surface area contributed by atoms with Crippen molar-refractivity contribution in [1.82, 2.24) is 15.5 Å². The van der Waals surface area contributed by atoms with Crippen molar-refractivity contribution in [2.24, 2.45) is 4.99 Å². The summed E-state index contributed by atoms with van der Waals surface area (Å²) in [6.45, 7) is 7.16. The lowest BCUT2D eigenvalue weighted by Crippen LogP contribution is -2.40. The van der Waals surface area contributed by atoms with Crippen LogP contribution in [0.25, 0.3) is 0 Å². The molecule has 0 spiro atoms. The molecule has 152 valence electrons. The smallest absolute Gasteiger partial charge is 0.191 e. The van der Waals surface area contributed by atoms with Crippen LogP contribution in [0.15, 0.2) is 29.3 Å². The number of guanidine groups is 1. The Labute approximate surface area is 181 Å². The fourth-order valence-corrected chi connectivity index (χ4v) is 3.81. The first-order chi connectivity index (χ1) is 12.7. The third kappa shape index (κ3) is 7.23. The van der Waals surface area contributed by atoms with E-state index < -0.39 is 0 Å². The number of rotatable bonds is 6. The first-order valence-corrected chi connectivity index (χ1v) is 10.1. The summed E-state index contributed by atoms with van der Waals surface area (Å²) in [6.07, 6.45) is 6.68. The van der Waals surface area contributed by atoms with Gasteiger partial charge in [0.1, 0.15) is 0 Å². The summed E-state index contributed by atoms with van der Waals surface area (Å²) in [5, 5.41) is 6.75. The Morgan fingerprint density at radius 1 is 1.11 bits per heavy atom. The highest BCUT2D eigenvalue weighted by atomic mass is 127. The van der Waals surface area contributed by atoms with Gasteiger partial charge in [-0.25, -0.2) is 0 Å². The van der Waals surface area contributed by atoms with Crippen LogP contribution in [0.3, 0.4) is 0 Å². The molecule has 2 fully saturated rings. The first-order valence-electron chi connectivity index (χ1n) is 10.1. The van der Waals surface area contributed by atoms with Gasteiger partial charge in [-0.05, 0) is 50.3 Å². The molecule has 2 aliphatic heterocycles. The molecule has 0 amide bonds. The third-order valence-electron chi connectivity index (χ3n) is 5.55. The van der Waals surface area contributed by atoms with E-state index in [4.69, 9.17) is 4.74 Å². The fraction of sp³-hybridized carbons (Fsp3) is 0.667. The predicted molar refractivity (Wildman–Crippen MR) is 123 cm³/mol. The Balaban J connectivity index is 0.00000261. The van der Waals surface area contributed by atoms with Crippen molar-refractivity contribution in [3.63, 3.8) is 0 Å². The van der Waals surface area contributed by atoms with Crippen LogP contribution in [0.1, 0.15) is 50.2 Å². The van der Waals surface area contributed by atoms with Gasteiger partial charge in [0.25, 0.3) is 0 Å². The molecule has 6 heteroatoms. The van der Waals surface area contributed by atoms with Crippen LogP contribution in [0.4, 0.5) is 0 Å². The summed E-state index contributed by atoms with van der Waals surface area (Å²) in [5.74, 6) is 0.840. The molecule has 2 heterocycles. The standard InChI is InChI=1S/C21H34N4O.HI/c1-17-6-3-4-12-25(17)16-19-10-8-18(9-11-19)14-23-21(22-2)24-15-20-7-5-13-26-20;/h8-11,17,20H,3-7,12-16H2,1-2H3,(H2,22,23,24);1H. The van der Waals surface area contributed by atoms with Crippen molar-refractivity contribution >= 4 is 29.9 Å². The highest BCUT2D eigenvalue weighted by molar-refractivity contribution is 14.0. The summed E-state index contributed by atoms with van der Waals surface area (Å²) in [6, 6.07) is 9.69. The van der Waals surface area contributed by atoms with Gasteiger partial charge in [-0.15, -0.1) is 24.0 Å². The van der Waals surface area contributed by atoms with Crippen LogP contribution in [-0.4, -0.2) is 49.7 Å². The summed E-state index contributed by atoms with van der Waals surface area (Å²) in [5.41, 5.74) is 2.68. The van der Waals surface area contributed by atoms with Crippen LogP contribution < -0.4 is 10.6 Å². The van der Waals surface area contributed by atoms with E-state index >= 15 is 0 Å². The molecule has 3 rings (SSSR count). The Morgan fingerprint density at radius 3 is 2.56 bits per heavy atom. The van der Waals surface area contributed by atoms with Crippen molar-refractivity contribution in [2.45, 2.75) is 64.3 Å². The van der Waals surface area contributed by atoms with Crippen LogP contribution in [0, 0.1) is 0 Å². The lowest BCUT2D eigenvalue weighted by Gasteiger charge is -2.33. The zero-order valence-electron chi connectivity index (χ0n) is 16.7. The molecule has 0 aliphatic carbocycles. The number of halogens is 1. The fourth-order valence-electron chi connectivity index (χ4n) is 3.81. The highest BCUT2D eigenvalue weighted by Gasteiger charge is 2.18. The van der Waals surface area contributed by atoms with Crippen LogP contribution >= 0.6 is 24.0 Å². The molecule has 2 saturated heterocycles. The van der Waals surface area contributed by atoms with Gasteiger partial charge in [-0.2, -0.15) is 0 Å². The number of hydrogen-bond acceptors (Lipinski definition) is 3. The lowest BCUT2D eigenvalue weighted by molar-refractivity contribution is 0.114. The predicted octanol–water partition coefficient (Wildman–Crippen LogP) is 3.52. The first kappa shape index (κ1) is 22.4. The second-order valence-corrected chi connectivity index (χ2v) is 7.57. The minimum absolute atomic E-state index is 0.